The van der Waals surface area contributed by atoms with E-state index in [1.54, 1.807) is 12.1 Å². The predicted octanol–water partition coefficient (Wildman–Crippen LogP) is 2.40. The molecule has 2 heterocycles. The van der Waals surface area contributed by atoms with Gasteiger partial charge in [-0.25, -0.2) is 0 Å². The zero-order valence-corrected chi connectivity index (χ0v) is 12.0. The molecule has 0 bridgehead atoms. The minimum atomic E-state index is -0.302. The van der Waals surface area contributed by atoms with Gasteiger partial charge in [0.15, 0.2) is 0 Å². The lowest BCUT2D eigenvalue weighted by Gasteiger charge is -2.18. The SMILES string of the molecule is Cn1cc(CC2CCN(c3ccccc3[N+](=O)[O-])C2)cn1. The van der Waals surface area contributed by atoms with E-state index in [1.165, 1.54) is 5.56 Å². The Labute approximate surface area is 123 Å². The summed E-state index contributed by atoms with van der Waals surface area (Å²) in [4.78, 5) is 12.9. The van der Waals surface area contributed by atoms with Crippen LogP contribution >= 0.6 is 0 Å². The summed E-state index contributed by atoms with van der Waals surface area (Å²) >= 11 is 0. The smallest absolute Gasteiger partial charge is 0.292 e. The summed E-state index contributed by atoms with van der Waals surface area (Å²) in [6, 6.07) is 6.98. The predicted molar refractivity (Wildman–Crippen MR) is 80.3 cm³/mol. The molecule has 1 aliphatic heterocycles. The number of nitrogens with zero attached hydrogens (tertiary/aromatic N) is 4. The summed E-state index contributed by atoms with van der Waals surface area (Å²) in [6.45, 7) is 1.73. The third-order valence-corrected chi connectivity index (χ3v) is 3.99. The average Bonchev–Trinajstić information content (AvgIpc) is 3.08. The molecule has 1 aromatic heterocycles. The number of hydrogen-bond acceptors (Lipinski definition) is 4. The van der Waals surface area contributed by atoms with Gasteiger partial charge in [0.05, 0.1) is 11.1 Å². The molecule has 0 radical (unpaired) electrons. The van der Waals surface area contributed by atoms with Crippen LogP contribution in [-0.2, 0) is 13.5 Å². The Hall–Kier alpha value is -2.37. The van der Waals surface area contributed by atoms with Crippen LogP contribution in [0.2, 0.25) is 0 Å². The van der Waals surface area contributed by atoms with Gasteiger partial charge < -0.3 is 4.90 Å². The van der Waals surface area contributed by atoms with E-state index in [9.17, 15) is 10.1 Å². The average molecular weight is 286 g/mol. The first kappa shape index (κ1) is 13.6. The van der Waals surface area contributed by atoms with Gasteiger partial charge in [-0.05, 0) is 30.4 Å². The van der Waals surface area contributed by atoms with Gasteiger partial charge in [-0.3, -0.25) is 14.8 Å². The first-order chi connectivity index (χ1) is 10.1. The second-order valence-electron chi connectivity index (χ2n) is 5.57. The van der Waals surface area contributed by atoms with Crippen LogP contribution in [0.25, 0.3) is 0 Å². The van der Waals surface area contributed by atoms with Crippen LogP contribution in [0.4, 0.5) is 11.4 Å². The second-order valence-corrected chi connectivity index (χ2v) is 5.57. The molecule has 1 atom stereocenters. The van der Waals surface area contributed by atoms with Crippen LogP contribution in [0.1, 0.15) is 12.0 Å². The Morgan fingerprint density at radius 3 is 2.95 bits per heavy atom. The Balaban J connectivity index is 1.71. The monoisotopic (exact) mass is 286 g/mol. The summed E-state index contributed by atoms with van der Waals surface area (Å²) in [5.74, 6) is 0.522. The van der Waals surface area contributed by atoms with Crippen molar-refractivity contribution in [2.75, 3.05) is 18.0 Å². The van der Waals surface area contributed by atoms with Crippen molar-refractivity contribution in [2.24, 2.45) is 13.0 Å². The lowest BCUT2D eigenvalue weighted by molar-refractivity contribution is -0.384. The molecule has 1 fully saturated rings. The van der Waals surface area contributed by atoms with Gasteiger partial charge >= 0.3 is 0 Å². The van der Waals surface area contributed by atoms with E-state index in [-0.39, 0.29) is 10.6 Å². The minimum Gasteiger partial charge on any atom is -0.366 e. The molecule has 0 N–H and O–H groups in total. The van der Waals surface area contributed by atoms with Gasteiger partial charge in [0.25, 0.3) is 5.69 Å². The van der Waals surface area contributed by atoms with Crippen LogP contribution in [0.3, 0.4) is 0 Å². The van der Waals surface area contributed by atoms with Crippen molar-refractivity contribution in [3.8, 4) is 0 Å². The lowest BCUT2D eigenvalue weighted by atomic mass is 10.0. The van der Waals surface area contributed by atoms with Gasteiger partial charge in [0.2, 0.25) is 0 Å². The second kappa shape index (κ2) is 5.55. The Morgan fingerprint density at radius 1 is 1.43 bits per heavy atom. The highest BCUT2D eigenvalue weighted by atomic mass is 16.6. The third kappa shape index (κ3) is 2.89. The minimum absolute atomic E-state index is 0.194. The van der Waals surface area contributed by atoms with Crippen molar-refractivity contribution in [3.05, 3.63) is 52.3 Å². The van der Waals surface area contributed by atoms with Gasteiger partial charge in [-0.2, -0.15) is 5.10 Å². The fourth-order valence-electron chi connectivity index (χ4n) is 3.01. The topological polar surface area (TPSA) is 64.2 Å². The van der Waals surface area contributed by atoms with Crippen molar-refractivity contribution < 1.29 is 4.92 Å². The maximum Gasteiger partial charge on any atom is 0.292 e. The lowest BCUT2D eigenvalue weighted by Crippen LogP contribution is -2.21. The van der Waals surface area contributed by atoms with E-state index in [4.69, 9.17) is 0 Å². The summed E-state index contributed by atoms with van der Waals surface area (Å²) < 4.78 is 1.81. The van der Waals surface area contributed by atoms with E-state index in [0.29, 0.717) is 5.92 Å². The van der Waals surface area contributed by atoms with Crippen molar-refractivity contribution in [3.63, 3.8) is 0 Å². The van der Waals surface area contributed by atoms with Crippen molar-refractivity contribution in [1.82, 2.24) is 9.78 Å². The molecule has 0 spiro atoms. The number of para-hydroxylation sites is 2. The number of rotatable bonds is 4. The zero-order valence-electron chi connectivity index (χ0n) is 12.0. The van der Waals surface area contributed by atoms with E-state index in [0.717, 1.165) is 31.6 Å². The number of hydrogen-bond donors (Lipinski definition) is 0. The Morgan fingerprint density at radius 2 is 2.24 bits per heavy atom. The van der Waals surface area contributed by atoms with Crippen LogP contribution in [-0.4, -0.2) is 27.8 Å². The quantitative estimate of drug-likeness (QED) is 0.639. The molecular formula is C15H18N4O2. The molecule has 6 nitrogen and oxygen atoms in total. The number of benzene rings is 1. The summed E-state index contributed by atoms with van der Waals surface area (Å²) in [6.07, 6.45) is 5.97. The Kier molecular flexibility index (Phi) is 3.60. The van der Waals surface area contributed by atoms with E-state index in [2.05, 4.69) is 10.00 Å². The van der Waals surface area contributed by atoms with Crippen molar-refractivity contribution in [1.29, 1.82) is 0 Å². The van der Waals surface area contributed by atoms with Crippen LogP contribution in [0.5, 0.6) is 0 Å². The van der Waals surface area contributed by atoms with E-state index < -0.39 is 0 Å². The molecule has 0 saturated carbocycles. The summed E-state index contributed by atoms with van der Waals surface area (Å²) in [5, 5.41) is 15.3. The molecule has 6 heteroatoms. The zero-order chi connectivity index (χ0) is 14.8. The molecule has 2 aromatic rings. The summed E-state index contributed by atoms with van der Waals surface area (Å²) in [5.41, 5.74) is 2.16. The van der Waals surface area contributed by atoms with E-state index in [1.807, 2.05) is 36.3 Å². The number of anilines is 1. The fraction of sp³-hybridized carbons (Fsp3) is 0.400. The van der Waals surface area contributed by atoms with E-state index >= 15 is 0 Å². The molecule has 110 valence electrons. The fourth-order valence-corrected chi connectivity index (χ4v) is 3.01. The Bertz CT molecular complexity index is 653. The number of aryl methyl sites for hydroxylation is 1. The molecule has 0 aliphatic carbocycles. The molecule has 1 aliphatic rings. The summed E-state index contributed by atoms with van der Waals surface area (Å²) in [7, 11) is 1.91. The first-order valence-corrected chi connectivity index (χ1v) is 7.09. The maximum atomic E-state index is 11.1. The van der Waals surface area contributed by atoms with Crippen molar-refractivity contribution >= 4 is 11.4 Å². The van der Waals surface area contributed by atoms with Gasteiger partial charge in [0.1, 0.15) is 5.69 Å². The highest BCUT2D eigenvalue weighted by molar-refractivity contribution is 5.63. The highest BCUT2D eigenvalue weighted by Gasteiger charge is 2.27. The maximum absolute atomic E-state index is 11.1. The number of aromatic nitrogens is 2. The normalized spacial score (nSPS) is 18.1. The third-order valence-electron chi connectivity index (χ3n) is 3.99. The molecular weight excluding hydrogens is 268 g/mol. The molecule has 1 saturated heterocycles. The van der Waals surface area contributed by atoms with Gasteiger partial charge in [0, 0.05) is 32.4 Å². The molecule has 1 aromatic carbocycles. The van der Waals surface area contributed by atoms with Crippen molar-refractivity contribution in [2.45, 2.75) is 12.8 Å². The first-order valence-electron chi connectivity index (χ1n) is 7.09. The molecule has 21 heavy (non-hydrogen) atoms. The van der Waals surface area contributed by atoms with Crippen LogP contribution in [0.15, 0.2) is 36.7 Å². The van der Waals surface area contributed by atoms with Gasteiger partial charge in [-0.1, -0.05) is 12.1 Å². The van der Waals surface area contributed by atoms with Crippen LogP contribution < -0.4 is 4.90 Å². The van der Waals surface area contributed by atoms with Gasteiger partial charge in [-0.15, -0.1) is 0 Å². The molecule has 3 rings (SSSR count). The number of nitro benzene ring substituents is 1. The molecule has 0 amide bonds. The molecule has 1 unspecified atom stereocenters. The standard InChI is InChI=1S/C15H18N4O2/c1-17-10-13(9-16-17)8-12-6-7-18(11-12)14-4-2-3-5-15(14)19(20)21/h2-5,9-10,12H,6-8,11H2,1H3. The highest BCUT2D eigenvalue weighted by Crippen LogP contribution is 2.32. The largest absolute Gasteiger partial charge is 0.366 e. The number of nitro groups is 1. The van der Waals surface area contributed by atoms with Crippen LogP contribution in [0, 0.1) is 16.0 Å².